The first-order valence-corrected chi connectivity index (χ1v) is 9.63. The van der Waals surface area contributed by atoms with Gasteiger partial charge >= 0.3 is 0 Å². The third-order valence-electron chi connectivity index (χ3n) is 6.33. The lowest BCUT2D eigenvalue weighted by Gasteiger charge is -2.49. The molecule has 0 amide bonds. The lowest BCUT2D eigenvalue weighted by molar-refractivity contribution is 0.194. The number of rotatable bonds is 4. The predicted molar refractivity (Wildman–Crippen MR) is 108 cm³/mol. The highest BCUT2D eigenvalue weighted by molar-refractivity contribution is 5.94. The maximum atomic E-state index is 5.49. The summed E-state index contributed by atoms with van der Waals surface area (Å²) in [6.07, 6.45) is 5.47. The number of ether oxygens (including phenoxy) is 2. The number of methoxy groups -OCH3 is 2. The molecule has 0 radical (unpaired) electrons. The second-order valence-electron chi connectivity index (χ2n) is 7.58. The zero-order valence-electron chi connectivity index (χ0n) is 15.7. The van der Waals surface area contributed by atoms with Gasteiger partial charge in [0.15, 0.2) is 11.5 Å². The van der Waals surface area contributed by atoms with Gasteiger partial charge in [-0.2, -0.15) is 0 Å². The van der Waals surface area contributed by atoms with Crippen LogP contribution < -0.4 is 14.8 Å². The molecule has 138 valence electrons. The van der Waals surface area contributed by atoms with Crippen LogP contribution in [0, 0.1) is 5.92 Å². The topological polar surface area (TPSA) is 43.4 Å². The van der Waals surface area contributed by atoms with Gasteiger partial charge in [-0.3, -0.25) is 0 Å². The first-order valence-electron chi connectivity index (χ1n) is 9.63. The van der Waals surface area contributed by atoms with Crippen LogP contribution in [0.15, 0.2) is 48.7 Å². The zero-order valence-corrected chi connectivity index (χ0v) is 15.7. The Bertz CT molecular complexity index is 1000. The molecule has 2 aliphatic rings. The largest absolute Gasteiger partial charge is 0.493 e. The summed E-state index contributed by atoms with van der Waals surface area (Å²) in [7, 11) is 3.34. The zero-order chi connectivity index (χ0) is 18.4. The first-order chi connectivity index (χ1) is 13.3. The van der Waals surface area contributed by atoms with E-state index in [0.29, 0.717) is 17.9 Å². The minimum atomic E-state index is 0.481. The van der Waals surface area contributed by atoms with Crippen molar-refractivity contribution in [2.75, 3.05) is 19.5 Å². The fourth-order valence-corrected chi connectivity index (χ4v) is 4.87. The normalized spacial score (nSPS) is 23.1. The summed E-state index contributed by atoms with van der Waals surface area (Å²) >= 11 is 0. The Labute approximate surface area is 159 Å². The third kappa shape index (κ3) is 2.62. The maximum absolute atomic E-state index is 5.49. The monoisotopic (exact) mass is 360 g/mol. The van der Waals surface area contributed by atoms with Crippen LogP contribution in [0.2, 0.25) is 0 Å². The van der Waals surface area contributed by atoms with Gasteiger partial charge in [0.25, 0.3) is 0 Å². The lowest BCUT2D eigenvalue weighted by atomic mass is 9.60. The van der Waals surface area contributed by atoms with Crippen LogP contribution in [0.3, 0.4) is 0 Å². The van der Waals surface area contributed by atoms with E-state index in [4.69, 9.17) is 9.47 Å². The minimum absolute atomic E-state index is 0.481. The van der Waals surface area contributed by atoms with Crippen molar-refractivity contribution < 1.29 is 9.47 Å². The molecular weight excluding hydrogens is 336 g/mol. The molecule has 2 aromatic carbocycles. The molecule has 0 spiro atoms. The Morgan fingerprint density at radius 2 is 1.85 bits per heavy atom. The molecule has 1 N–H and O–H groups in total. The molecule has 3 aromatic rings. The van der Waals surface area contributed by atoms with Gasteiger partial charge in [0.2, 0.25) is 0 Å². The number of pyridine rings is 1. The van der Waals surface area contributed by atoms with Gasteiger partial charge in [0.1, 0.15) is 5.82 Å². The van der Waals surface area contributed by atoms with E-state index >= 15 is 0 Å². The molecule has 2 aliphatic carbocycles. The van der Waals surface area contributed by atoms with E-state index in [1.54, 1.807) is 19.8 Å². The fraction of sp³-hybridized carbons (Fsp3) is 0.348. The van der Waals surface area contributed by atoms with Crippen molar-refractivity contribution >= 4 is 16.6 Å². The van der Waals surface area contributed by atoms with E-state index in [-0.39, 0.29) is 0 Å². The highest BCUT2D eigenvalue weighted by Crippen LogP contribution is 2.50. The molecule has 0 bridgehead atoms. The van der Waals surface area contributed by atoms with E-state index in [1.165, 1.54) is 24.8 Å². The van der Waals surface area contributed by atoms with Gasteiger partial charge in [-0.1, -0.05) is 24.3 Å². The molecular formula is C23H24N2O2. The van der Waals surface area contributed by atoms with Gasteiger partial charge in [-0.05, 0) is 65.8 Å². The first kappa shape index (κ1) is 16.4. The molecule has 27 heavy (non-hydrogen) atoms. The summed E-state index contributed by atoms with van der Waals surface area (Å²) < 4.78 is 10.9. The summed E-state index contributed by atoms with van der Waals surface area (Å²) in [5, 5.41) is 5.92. The standard InChI is InChI=1S/C23H24N2O2/c1-26-21-11-15-9-10-24-23(18(15)13-22(21)27-2)25-20-12-19-16-6-4-3-5-14(16)7-8-17(19)20/h3-6,9-11,13,17,19-20H,7-8,12H2,1-2H3,(H,24,25). The van der Waals surface area contributed by atoms with Crippen molar-refractivity contribution in [3.63, 3.8) is 0 Å². The van der Waals surface area contributed by atoms with Gasteiger partial charge in [-0.15, -0.1) is 0 Å². The Morgan fingerprint density at radius 1 is 1.04 bits per heavy atom. The van der Waals surface area contributed by atoms with E-state index < -0.39 is 0 Å². The van der Waals surface area contributed by atoms with E-state index in [2.05, 4.69) is 34.6 Å². The number of anilines is 1. The molecule has 3 atom stereocenters. The average molecular weight is 360 g/mol. The summed E-state index contributed by atoms with van der Waals surface area (Å²) in [6.45, 7) is 0. The Kier molecular flexibility index (Phi) is 3.92. The number of fused-ring (bicyclic) bond motifs is 4. The Balaban J connectivity index is 1.43. The number of aryl methyl sites for hydroxylation is 1. The van der Waals surface area contributed by atoms with Crippen molar-refractivity contribution in [3.05, 3.63) is 59.8 Å². The van der Waals surface area contributed by atoms with Crippen LogP contribution in [0.25, 0.3) is 10.8 Å². The molecule has 1 aromatic heterocycles. The number of nitrogens with one attached hydrogen (secondary N) is 1. The quantitative estimate of drug-likeness (QED) is 0.727. The van der Waals surface area contributed by atoms with Gasteiger partial charge < -0.3 is 14.8 Å². The number of hydrogen-bond acceptors (Lipinski definition) is 4. The van der Waals surface area contributed by atoms with Gasteiger partial charge in [-0.25, -0.2) is 4.98 Å². The molecule has 1 heterocycles. The lowest BCUT2D eigenvalue weighted by Crippen LogP contribution is -2.47. The van der Waals surface area contributed by atoms with E-state index in [0.717, 1.165) is 28.1 Å². The van der Waals surface area contributed by atoms with Crippen molar-refractivity contribution in [2.45, 2.75) is 31.2 Å². The van der Waals surface area contributed by atoms with Crippen LogP contribution >= 0.6 is 0 Å². The number of nitrogens with zero attached hydrogens (tertiary/aromatic N) is 1. The second-order valence-corrected chi connectivity index (χ2v) is 7.58. The average Bonchev–Trinajstić information content (AvgIpc) is 2.70. The third-order valence-corrected chi connectivity index (χ3v) is 6.33. The van der Waals surface area contributed by atoms with Gasteiger partial charge in [0.05, 0.1) is 14.2 Å². The summed E-state index contributed by atoms with van der Waals surface area (Å²) in [5.41, 5.74) is 3.10. The van der Waals surface area contributed by atoms with Crippen LogP contribution in [-0.4, -0.2) is 25.2 Å². The Hall–Kier alpha value is -2.75. The molecule has 4 nitrogen and oxygen atoms in total. The SMILES string of the molecule is COc1cc2ccnc(NC3CC4c5ccccc5CCC34)c2cc1OC. The molecule has 0 saturated heterocycles. The number of benzene rings is 2. The molecule has 1 fully saturated rings. The van der Waals surface area contributed by atoms with Crippen LogP contribution in [0.5, 0.6) is 11.5 Å². The highest BCUT2D eigenvalue weighted by Gasteiger charge is 2.44. The molecule has 3 unspecified atom stereocenters. The number of hydrogen-bond donors (Lipinski definition) is 1. The summed E-state index contributed by atoms with van der Waals surface area (Å²) in [6, 6.07) is 15.5. The van der Waals surface area contributed by atoms with Crippen molar-refractivity contribution in [2.24, 2.45) is 5.92 Å². The molecule has 4 heteroatoms. The highest BCUT2D eigenvalue weighted by atomic mass is 16.5. The number of aromatic nitrogens is 1. The van der Waals surface area contributed by atoms with Crippen molar-refractivity contribution in [1.82, 2.24) is 4.98 Å². The smallest absolute Gasteiger partial charge is 0.161 e. The minimum Gasteiger partial charge on any atom is -0.493 e. The van der Waals surface area contributed by atoms with E-state index in [1.807, 2.05) is 24.4 Å². The van der Waals surface area contributed by atoms with Crippen LogP contribution in [-0.2, 0) is 6.42 Å². The van der Waals surface area contributed by atoms with Crippen molar-refractivity contribution in [3.8, 4) is 11.5 Å². The van der Waals surface area contributed by atoms with Crippen molar-refractivity contribution in [1.29, 1.82) is 0 Å². The van der Waals surface area contributed by atoms with Crippen LogP contribution in [0.1, 0.15) is 29.9 Å². The van der Waals surface area contributed by atoms with E-state index in [9.17, 15) is 0 Å². The van der Waals surface area contributed by atoms with Crippen LogP contribution in [0.4, 0.5) is 5.82 Å². The molecule has 1 saturated carbocycles. The maximum Gasteiger partial charge on any atom is 0.161 e. The fourth-order valence-electron chi connectivity index (χ4n) is 4.87. The summed E-state index contributed by atoms with van der Waals surface area (Å²) in [5.74, 6) is 3.80. The Morgan fingerprint density at radius 3 is 2.70 bits per heavy atom. The molecule has 0 aliphatic heterocycles. The second kappa shape index (κ2) is 6.45. The predicted octanol–water partition coefficient (Wildman–Crippen LogP) is 4.78. The molecule has 5 rings (SSSR count). The van der Waals surface area contributed by atoms with Gasteiger partial charge in [0, 0.05) is 17.6 Å². The summed E-state index contributed by atoms with van der Waals surface area (Å²) in [4.78, 5) is 4.63.